The maximum absolute atomic E-state index is 10.6. The van der Waals surface area contributed by atoms with Gasteiger partial charge in [0.25, 0.3) is 0 Å². The molecule has 0 aromatic heterocycles. The maximum atomic E-state index is 10.6. The van der Waals surface area contributed by atoms with E-state index < -0.39 is 0 Å². The fourth-order valence-corrected chi connectivity index (χ4v) is 1.28. The minimum absolute atomic E-state index is 0.0239. The van der Waals surface area contributed by atoms with Crippen LogP contribution in [0, 0.1) is 11.8 Å². The lowest BCUT2D eigenvalue weighted by Crippen LogP contribution is -2.20. The predicted octanol–water partition coefficient (Wildman–Crippen LogP) is 1.02. The minimum Gasteiger partial charge on any atom is -0.355 e. The zero-order chi connectivity index (χ0) is 11.8. The summed E-state index contributed by atoms with van der Waals surface area (Å²) in [5.41, 5.74) is 7.61. The monoisotopic (exact) mass is 216 g/mol. The normalized spacial score (nSPS) is 9.12. The van der Waals surface area contributed by atoms with Crippen LogP contribution in [0.3, 0.4) is 0 Å². The third-order valence-electron chi connectivity index (χ3n) is 2.08. The Hall–Kier alpha value is -1.79. The number of amides is 1. The van der Waals surface area contributed by atoms with E-state index in [1.807, 2.05) is 24.3 Å². The molecule has 0 heterocycles. The van der Waals surface area contributed by atoms with E-state index in [0.717, 1.165) is 11.1 Å². The van der Waals surface area contributed by atoms with Gasteiger partial charge < -0.3 is 11.1 Å². The summed E-state index contributed by atoms with van der Waals surface area (Å²) in [5.74, 6) is 6.04. The van der Waals surface area contributed by atoms with Crippen LogP contribution in [0.5, 0.6) is 0 Å². The second kappa shape index (κ2) is 6.65. The lowest BCUT2D eigenvalue weighted by atomic mass is 10.1. The molecule has 0 aliphatic heterocycles. The van der Waals surface area contributed by atoms with Crippen molar-refractivity contribution < 1.29 is 4.79 Å². The lowest BCUT2D eigenvalue weighted by Gasteiger charge is -1.99. The zero-order valence-corrected chi connectivity index (χ0v) is 9.42. The molecule has 0 aliphatic carbocycles. The molecular formula is C13H16N2O. The summed E-state index contributed by atoms with van der Waals surface area (Å²) in [4.78, 5) is 10.6. The van der Waals surface area contributed by atoms with E-state index in [2.05, 4.69) is 17.2 Å². The molecule has 84 valence electrons. The molecule has 3 nitrogen and oxygen atoms in total. The van der Waals surface area contributed by atoms with Crippen molar-refractivity contribution in [2.24, 2.45) is 5.73 Å². The summed E-state index contributed by atoms with van der Waals surface area (Å²) in [6.45, 7) is 2.58. The second-order valence-corrected chi connectivity index (χ2v) is 3.40. The second-order valence-electron chi connectivity index (χ2n) is 3.40. The Morgan fingerprint density at radius 3 is 2.88 bits per heavy atom. The van der Waals surface area contributed by atoms with E-state index in [-0.39, 0.29) is 5.91 Å². The molecular weight excluding hydrogens is 200 g/mol. The maximum Gasteiger partial charge on any atom is 0.216 e. The third-order valence-corrected chi connectivity index (χ3v) is 2.08. The van der Waals surface area contributed by atoms with Crippen LogP contribution in [0.15, 0.2) is 24.3 Å². The van der Waals surface area contributed by atoms with E-state index in [1.54, 1.807) is 0 Å². The van der Waals surface area contributed by atoms with Crippen molar-refractivity contribution in [2.45, 2.75) is 19.9 Å². The average molecular weight is 216 g/mol. The van der Waals surface area contributed by atoms with E-state index in [0.29, 0.717) is 19.5 Å². The van der Waals surface area contributed by atoms with E-state index in [9.17, 15) is 4.79 Å². The summed E-state index contributed by atoms with van der Waals surface area (Å²) in [7, 11) is 0. The first kappa shape index (κ1) is 12.3. The highest BCUT2D eigenvalue weighted by atomic mass is 16.1. The Bertz CT molecular complexity index is 415. The van der Waals surface area contributed by atoms with Crippen LogP contribution in [-0.4, -0.2) is 12.5 Å². The van der Waals surface area contributed by atoms with Gasteiger partial charge in [0.1, 0.15) is 0 Å². The molecule has 0 saturated carbocycles. The number of rotatable bonds is 3. The van der Waals surface area contributed by atoms with Crippen LogP contribution in [0.1, 0.15) is 24.5 Å². The van der Waals surface area contributed by atoms with E-state index >= 15 is 0 Å². The first-order valence-corrected chi connectivity index (χ1v) is 5.25. The largest absolute Gasteiger partial charge is 0.355 e. The SMILES string of the molecule is CC(=O)NCCC#Cc1ccccc1CN. The zero-order valence-electron chi connectivity index (χ0n) is 9.42. The number of carbonyl (C=O) groups is 1. The first-order valence-electron chi connectivity index (χ1n) is 5.25. The summed E-state index contributed by atoms with van der Waals surface area (Å²) in [6, 6.07) is 7.81. The molecule has 3 N–H and O–H groups in total. The molecule has 1 aromatic carbocycles. The Kier molecular flexibility index (Phi) is 5.10. The Morgan fingerprint density at radius 1 is 1.44 bits per heavy atom. The first-order chi connectivity index (χ1) is 7.74. The standard InChI is InChI=1S/C13H16N2O/c1-11(16)15-9-5-4-7-12-6-2-3-8-13(12)10-14/h2-3,6,8H,5,9-10,14H2,1H3,(H,15,16). The number of nitrogens with one attached hydrogen (secondary N) is 1. The highest BCUT2D eigenvalue weighted by Crippen LogP contribution is 2.05. The fraction of sp³-hybridized carbons (Fsp3) is 0.308. The molecule has 1 amide bonds. The van der Waals surface area contributed by atoms with Crippen molar-refractivity contribution in [3.8, 4) is 11.8 Å². The van der Waals surface area contributed by atoms with E-state index in [4.69, 9.17) is 5.73 Å². The molecule has 0 radical (unpaired) electrons. The lowest BCUT2D eigenvalue weighted by molar-refractivity contribution is -0.118. The molecule has 0 atom stereocenters. The van der Waals surface area contributed by atoms with Gasteiger partial charge in [-0.1, -0.05) is 30.0 Å². The van der Waals surface area contributed by atoms with Crippen molar-refractivity contribution in [3.05, 3.63) is 35.4 Å². The van der Waals surface area contributed by atoms with Gasteiger partial charge in [-0.25, -0.2) is 0 Å². The Labute approximate surface area is 96.0 Å². The number of hydrogen-bond donors (Lipinski definition) is 2. The Morgan fingerprint density at radius 2 is 2.19 bits per heavy atom. The highest BCUT2D eigenvalue weighted by molar-refractivity contribution is 5.72. The van der Waals surface area contributed by atoms with Gasteiger partial charge in [-0.15, -0.1) is 0 Å². The van der Waals surface area contributed by atoms with Gasteiger partial charge >= 0.3 is 0 Å². The summed E-state index contributed by atoms with van der Waals surface area (Å²) < 4.78 is 0. The van der Waals surface area contributed by atoms with Crippen molar-refractivity contribution >= 4 is 5.91 Å². The number of nitrogens with two attached hydrogens (primary N) is 1. The Balaban J connectivity index is 2.52. The van der Waals surface area contributed by atoms with Crippen LogP contribution < -0.4 is 11.1 Å². The molecule has 0 bridgehead atoms. The molecule has 0 aliphatic rings. The molecule has 3 heteroatoms. The van der Waals surface area contributed by atoms with E-state index in [1.165, 1.54) is 6.92 Å². The summed E-state index contributed by atoms with van der Waals surface area (Å²) >= 11 is 0. The van der Waals surface area contributed by atoms with Gasteiger partial charge in [-0.2, -0.15) is 0 Å². The smallest absolute Gasteiger partial charge is 0.216 e. The van der Waals surface area contributed by atoms with Crippen LogP contribution in [0.2, 0.25) is 0 Å². The van der Waals surface area contributed by atoms with Crippen LogP contribution in [0.4, 0.5) is 0 Å². The third kappa shape index (κ3) is 4.16. The van der Waals surface area contributed by atoms with Crippen LogP contribution in [0.25, 0.3) is 0 Å². The highest BCUT2D eigenvalue weighted by Gasteiger charge is 1.94. The number of carbonyl (C=O) groups excluding carboxylic acids is 1. The van der Waals surface area contributed by atoms with Gasteiger partial charge in [0.15, 0.2) is 0 Å². The summed E-state index contributed by atoms with van der Waals surface area (Å²) in [5, 5.41) is 2.69. The minimum atomic E-state index is -0.0239. The molecule has 0 fully saturated rings. The molecule has 1 aromatic rings. The number of benzene rings is 1. The molecule has 0 saturated heterocycles. The average Bonchev–Trinajstić information content (AvgIpc) is 2.29. The molecule has 0 unspecified atom stereocenters. The van der Waals surface area contributed by atoms with Crippen molar-refractivity contribution in [3.63, 3.8) is 0 Å². The van der Waals surface area contributed by atoms with Crippen molar-refractivity contribution in [2.75, 3.05) is 6.54 Å². The fourth-order valence-electron chi connectivity index (χ4n) is 1.28. The molecule has 0 spiro atoms. The van der Waals surface area contributed by atoms with Gasteiger partial charge in [0.2, 0.25) is 5.91 Å². The van der Waals surface area contributed by atoms with Gasteiger partial charge in [-0.05, 0) is 11.6 Å². The van der Waals surface area contributed by atoms with Crippen LogP contribution >= 0.6 is 0 Å². The topological polar surface area (TPSA) is 55.1 Å². The van der Waals surface area contributed by atoms with Gasteiger partial charge in [-0.3, -0.25) is 4.79 Å². The molecule has 1 rings (SSSR count). The van der Waals surface area contributed by atoms with Crippen molar-refractivity contribution in [1.82, 2.24) is 5.32 Å². The quantitative estimate of drug-likeness (QED) is 0.585. The predicted molar refractivity (Wildman–Crippen MR) is 64.5 cm³/mol. The summed E-state index contributed by atoms with van der Waals surface area (Å²) in [6.07, 6.45) is 0.651. The van der Waals surface area contributed by atoms with Gasteiger partial charge in [0, 0.05) is 32.0 Å². The number of hydrogen-bond acceptors (Lipinski definition) is 2. The molecule has 16 heavy (non-hydrogen) atoms. The van der Waals surface area contributed by atoms with Gasteiger partial charge in [0.05, 0.1) is 0 Å². The van der Waals surface area contributed by atoms with Crippen LogP contribution in [-0.2, 0) is 11.3 Å². The van der Waals surface area contributed by atoms with Crippen molar-refractivity contribution in [1.29, 1.82) is 0 Å².